The summed E-state index contributed by atoms with van der Waals surface area (Å²) in [7, 11) is 0. The average molecular weight is 272 g/mol. The number of pyridine rings is 1. The third-order valence-electron chi connectivity index (χ3n) is 3.89. The van der Waals surface area contributed by atoms with E-state index in [1.165, 1.54) is 34.3 Å². The summed E-state index contributed by atoms with van der Waals surface area (Å²) in [5.74, 6) is 3.30. The minimum Gasteiger partial charge on any atom is -0.310 e. The first-order valence-corrected chi connectivity index (χ1v) is 8.19. The molecule has 100 valence electrons. The van der Waals surface area contributed by atoms with Crippen LogP contribution in [0, 0.1) is 5.92 Å². The fourth-order valence-electron chi connectivity index (χ4n) is 2.95. The third kappa shape index (κ3) is 2.63. The van der Waals surface area contributed by atoms with E-state index < -0.39 is 0 Å². The Hall–Kier alpha value is -1.06. The molecule has 2 atom stereocenters. The summed E-state index contributed by atoms with van der Waals surface area (Å²) in [4.78, 5) is 4.44. The molecule has 1 saturated heterocycles. The molecule has 0 bridgehead atoms. The Morgan fingerprint density at radius 2 is 2.26 bits per heavy atom. The number of aromatic nitrogens is 1. The van der Waals surface area contributed by atoms with Crippen LogP contribution in [0.2, 0.25) is 0 Å². The van der Waals surface area contributed by atoms with E-state index in [4.69, 9.17) is 0 Å². The first-order chi connectivity index (χ1) is 9.40. The fraction of sp³-hybridized carbons (Fsp3) is 0.438. The van der Waals surface area contributed by atoms with Crippen LogP contribution in [-0.4, -0.2) is 23.0 Å². The normalized spacial score (nSPS) is 20.8. The Labute approximate surface area is 119 Å². The lowest BCUT2D eigenvalue weighted by molar-refractivity contribution is 0.403. The van der Waals surface area contributed by atoms with Crippen molar-refractivity contribution in [1.29, 1.82) is 0 Å². The van der Waals surface area contributed by atoms with Gasteiger partial charge < -0.3 is 5.32 Å². The fourth-order valence-corrected chi connectivity index (χ4v) is 4.25. The lowest BCUT2D eigenvalue weighted by Crippen LogP contribution is -2.28. The van der Waals surface area contributed by atoms with Crippen molar-refractivity contribution in [3.05, 3.63) is 42.2 Å². The molecular weight excluding hydrogens is 252 g/mol. The molecule has 1 N–H and O–H groups in total. The second-order valence-electron chi connectivity index (χ2n) is 5.11. The van der Waals surface area contributed by atoms with Gasteiger partial charge in [0.1, 0.15) is 0 Å². The summed E-state index contributed by atoms with van der Waals surface area (Å²) in [5, 5.41) is 6.27. The first kappa shape index (κ1) is 12.9. The van der Waals surface area contributed by atoms with E-state index in [0.29, 0.717) is 6.04 Å². The molecular formula is C16H20N2S. The number of thioether (sulfide) groups is 1. The van der Waals surface area contributed by atoms with Crippen LogP contribution < -0.4 is 5.32 Å². The van der Waals surface area contributed by atoms with E-state index in [2.05, 4.69) is 59.4 Å². The van der Waals surface area contributed by atoms with Crippen LogP contribution in [0.25, 0.3) is 10.8 Å². The van der Waals surface area contributed by atoms with E-state index in [1.54, 1.807) is 0 Å². The van der Waals surface area contributed by atoms with Crippen molar-refractivity contribution in [2.24, 2.45) is 5.92 Å². The van der Waals surface area contributed by atoms with Gasteiger partial charge in [0.2, 0.25) is 0 Å². The lowest BCUT2D eigenvalue weighted by Gasteiger charge is -2.25. The zero-order valence-corrected chi connectivity index (χ0v) is 12.1. The number of nitrogens with zero attached hydrogens (tertiary/aromatic N) is 1. The standard InChI is InChI=1S/C16H20N2S/c1-2-18-16(13-7-8-19-11-13)15-10-17-9-12-5-3-4-6-14(12)15/h3-6,9-10,13,16,18H,2,7-8,11H2,1H3. The van der Waals surface area contributed by atoms with E-state index in [-0.39, 0.29) is 0 Å². The summed E-state index contributed by atoms with van der Waals surface area (Å²) in [5.41, 5.74) is 1.37. The van der Waals surface area contributed by atoms with Crippen LogP contribution in [0.3, 0.4) is 0 Å². The van der Waals surface area contributed by atoms with Gasteiger partial charge in [0, 0.05) is 23.8 Å². The van der Waals surface area contributed by atoms with Crippen LogP contribution >= 0.6 is 11.8 Å². The summed E-state index contributed by atoms with van der Waals surface area (Å²) in [6.45, 7) is 3.20. The van der Waals surface area contributed by atoms with Gasteiger partial charge in [0.15, 0.2) is 0 Å². The molecule has 0 aliphatic carbocycles. The maximum absolute atomic E-state index is 4.44. The highest BCUT2D eigenvalue weighted by Gasteiger charge is 2.27. The van der Waals surface area contributed by atoms with Crippen molar-refractivity contribution in [1.82, 2.24) is 10.3 Å². The molecule has 1 aliphatic heterocycles. The van der Waals surface area contributed by atoms with Crippen LogP contribution in [0.5, 0.6) is 0 Å². The predicted octanol–water partition coefficient (Wildman–Crippen LogP) is 3.64. The van der Waals surface area contributed by atoms with Crippen molar-refractivity contribution in [2.45, 2.75) is 19.4 Å². The van der Waals surface area contributed by atoms with Gasteiger partial charge in [-0.15, -0.1) is 0 Å². The molecule has 3 rings (SSSR count). The van der Waals surface area contributed by atoms with Gasteiger partial charge in [-0.25, -0.2) is 0 Å². The minimum absolute atomic E-state index is 0.443. The lowest BCUT2D eigenvalue weighted by atomic mass is 9.90. The van der Waals surface area contributed by atoms with Crippen LogP contribution in [0.15, 0.2) is 36.7 Å². The predicted molar refractivity (Wildman–Crippen MR) is 83.6 cm³/mol. The molecule has 1 aromatic heterocycles. The average Bonchev–Trinajstić information content (AvgIpc) is 2.98. The Morgan fingerprint density at radius 1 is 1.37 bits per heavy atom. The van der Waals surface area contributed by atoms with Crippen molar-refractivity contribution in [3.63, 3.8) is 0 Å². The molecule has 0 spiro atoms. The molecule has 0 saturated carbocycles. The van der Waals surface area contributed by atoms with Crippen LogP contribution in [0.1, 0.15) is 24.9 Å². The Balaban J connectivity index is 2.03. The van der Waals surface area contributed by atoms with E-state index in [0.717, 1.165) is 12.5 Å². The number of hydrogen-bond donors (Lipinski definition) is 1. The molecule has 0 radical (unpaired) electrons. The van der Waals surface area contributed by atoms with Crippen molar-refractivity contribution >= 4 is 22.5 Å². The molecule has 3 heteroatoms. The number of hydrogen-bond acceptors (Lipinski definition) is 3. The highest BCUT2D eigenvalue weighted by molar-refractivity contribution is 7.99. The molecule has 1 fully saturated rings. The topological polar surface area (TPSA) is 24.9 Å². The summed E-state index contributed by atoms with van der Waals surface area (Å²) in [6, 6.07) is 9.02. The highest BCUT2D eigenvalue weighted by Crippen LogP contribution is 2.36. The van der Waals surface area contributed by atoms with Gasteiger partial charge >= 0.3 is 0 Å². The Bertz CT molecular complexity index is 544. The maximum Gasteiger partial charge on any atom is 0.0378 e. The molecule has 0 amide bonds. The van der Waals surface area contributed by atoms with E-state index in [9.17, 15) is 0 Å². The van der Waals surface area contributed by atoms with Crippen LogP contribution in [-0.2, 0) is 0 Å². The molecule has 2 unspecified atom stereocenters. The maximum atomic E-state index is 4.44. The number of fused-ring (bicyclic) bond motifs is 1. The second-order valence-corrected chi connectivity index (χ2v) is 6.26. The highest BCUT2D eigenvalue weighted by atomic mass is 32.2. The summed E-state index contributed by atoms with van der Waals surface area (Å²) >= 11 is 2.08. The quantitative estimate of drug-likeness (QED) is 0.920. The van der Waals surface area contributed by atoms with Crippen LogP contribution in [0.4, 0.5) is 0 Å². The number of nitrogens with one attached hydrogen (secondary N) is 1. The van der Waals surface area contributed by atoms with Gasteiger partial charge in [-0.2, -0.15) is 11.8 Å². The van der Waals surface area contributed by atoms with Gasteiger partial charge in [0.25, 0.3) is 0 Å². The van der Waals surface area contributed by atoms with Gasteiger partial charge in [-0.1, -0.05) is 31.2 Å². The van der Waals surface area contributed by atoms with Gasteiger partial charge in [-0.3, -0.25) is 4.98 Å². The van der Waals surface area contributed by atoms with Crippen molar-refractivity contribution < 1.29 is 0 Å². The molecule has 1 aliphatic rings. The van der Waals surface area contributed by atoms with E-state index >= 15 is 0 Å². The van der Waals surface area contributed by atoms with Crippen molar-refractivity contribution in [2.75, 3.05) is 18.1 Å². The van der Waals surface area contributed by atoms with E-state index in [1.807, 2.05) is 6.20 Å². The third-order valence-corrected chi connectivity index (χ3v) is 5.08. The smallest absolute Gasteiger partial charge is 0.0378 e. The summed E-state index contributed by atoms with van der Waals surface area (Å²) in [6.07, 6.45) is 5.33. The molecule has 2 aromatic rings. The number of benzene rings is 1. The molecule has 2 heterocycles. The SMILES string of the molecule is CCNC(c1cncc2ccccc12)C1CCSC1. The zero-order chi connectivity index (χ0) is 13.1. The van der Waals surface area contributed by atoms with Gasteiger partial charge in [0.05, 0.1) is 0 Å². The zero-order valence-electron chi connectivity index (χ0n) is 11.3. The summed E-state index contributed by atoms with van der Waals surface area (Å²) < 4.78 is 0. The first-order valence-electron chi connectivity index (χ1n) is 7.04. The molecule has 2 nitrogen and oxygen atoms in total. The molecule has 1 aromatic carbocycles. The monoisotopic (exact) mass is 272 g/mol. The van der Waals surface area contributed by atoms with Gasteiger partial charge in [-0.05, 0) is 41.3 Å². The number of rotatable bonds is 4. The minimum atomic E-state index is 0.443. The second kappa shape index (κ2) is 5.93. The molecule has 19 heavy (non-hydrogen) atoms. The Morgan fingerprint density at radius 3 is 3.05 bits per heavy atom. The van der Waals surface area contributed by atoms with Crippen molar-refractivity contribution in [3.8, 4) is 0 Å². The largest absolute Gasteiger partial charge is 0.310 e. The Kier molecular flexibility index (Phi) is 4.04.